The molecule has 110 valence electrons. The summed E-state index contributed by atoms with van der Waals surface area (Å²) in [4.78, 5) is 0. The highest BCUT2D eigenvalue weighted by molar-refractivity contribution is 5.40. The molecule has 0 amide bonds. The van der Waals surface area contributed by atoms with E-state index in [0.29, 0.717) is 12.0 Å². The summed E-state index contributed by atoms with van der Waals surface area (Å²) in [6.45, 7) is 0.781. The molecule has 3 rings (SSSR count). The van der Waals surface area contributed by atoms with E-state index >= 15 is 0 Å². The van der Waals surface area contributed by atoms with Gasteiger partial charge in [-0.25, -0.2) is 4.39 Å². The lowest BCUT2D eigenvalue weighted by atomic mass is 9.77. The molecular weight excluding hydrogens is 263 g/mol. The van der Waals surface area contributed by atoms with Crippen LogP contribution in [0.25, 0.3) is 0 Å². The Labute approximate surface area is 125 Å². The molecule has 0 aromatic heterocycles. The lowest BCUT2D eigenvalue weighted by Crippen LogP contribution is -2.31. The number of nitrogens with one attached hydrogen (secondary N) is 1. The Morgan fingerprint density at radius 2 is 1.90 bits per heavy atom. The van der Waals surface area contributed by atoms with Crippen molar-refractivity contribution in [1.29, 1.82) is 0 Å². The van der Waals surface area contributed by atoms with Crippen molar-refractivity contribution >= 4 is 5.69 Å². The van der Waals surface area contributed by atoms with Crippen LogP contribution in [0.1, 0.15) is 36.4 Å². The molecule has 0 bridgehead atoms. The van der Waals surface area contributed by atoms with Gasteiger partial charge in [-0.05, 0) is 54.2 Å². The monoisotopic (exact) mass is 284 g/mol. The second-order valence-electron chi connectivity index (χ2n) is 5.85. The summed E-state index contributed by atoms with van der Waals surface area (Å²) in [5, 5.41) is 3.62. The predicted octanol–water partition coefficient (Wildman–Crippen LogP) is 4.04. The third kappa shape index (κ3) is 3.42. The maximum absolute atomic E-state index is 13.1. The molecule has 3 N–H and O–H groups in total. The van der Waals surface area contributed by atoms with Gasteiger partial charge in [0.2, 0.25) is 0 Å². The summed E-state index contributed by atoms with van der Waals surface area (Å²) in [5.41, 5.74) is 8.96. The Balaban J connectivity index is 1.72. The molecule has 21 heavy (non-hydrogen) atoms. The molecule has 2 aromatic rings. The third-order valence-corrected chi connectivity index (χ3v) is 4.33. The normalized spacial score (nSPS) is 16.4. The minimum Gasteiger partial charge on any atom is -0.399 e. The predicted molar refractivity (Wildman–Crippen MR) is 84.2 cm³/mol. The summed E-state index contributed by atoms with van der Waals surface area (Å²) < 4.78 is 13.1. The van der Waals surface area contributed by atoms with Gasteiger partial charge in [-0.15, -0.1) is 0 Å². The van der Waals surface area contributed by atoms with E-state index in [1.54, 1.807) is 12.1 Å². The van der Waals surface area contributed by atoms with Crippen LogP contribution in [0.3, 0.4) is 0 Å². The summed E-state index contributed by atoms with van der Waals surface area (Å²) in [7, 11) is 0. The average molecular weight is 284 g/mol. The molecule has 1 aliphatic rings. The minimum absolute atomic E-state index is 0.179. The number of hydrogen-bond acceptors (Lipinski definition) is 2. The molecule has 1 fully saturated rings. The largest absolute Gasteiger partial charge is 0.399 e. The molecule has 0 heterocycles. The number of benzene rings is 2. The SMILES string of the molecule is Nc1cccc(CNC(c2ccc(F)cc2)C2CCC2)c1. The number of halogens is 1. The van der Waals surface area contributed by atoms with E-state index < -0.39 is 0 Å². The zero-order chi connectivity index (χ0) is 14.7. The molecule has 1 aliphatic carbocycles. The Kier molecular flexibility index (Phi) is 4.20. The van der Waals surface area contributed by atoms with E-state index in [9.17, 15) is 4.39 Å². The van der Waals surface area contributed by atoms with Crippen LogP contribution >= 0.6 is 0 Å². The molecule has 0 radical (unpaired) electrons. The molecule has 0 saturated heterocycles. The highest BCUT2D eigenvalue weighted by Gasteiger charge is 2.28. The van der Waals surface area contributed by atoms with Crippen LogP contribution < -0.4 is 11.1 Å². The van der Waals surface area contributed by atoms with Crippen LogP contribution in [0, 0.1) is 11.7 Å². The fraction of sp³-hybridized carbons (Fsp3) is 0.333. The van der Waals surface area contributed by atoms with Gasteiger partial charge in [0.05, 0.1) is 0 Å². The van der Waals surface area contributed by atoms with Gasteiger partial charge in [-0.1, -0.05) is 30.7 Å². The first-order chi connectivity index (χ1) is 10.2. The van der Waals surface area contributed by atoms with Crippen LogP contribution in [-0.2, 0) is 6.54 Å². The van der Waals surface area contributed by atoms with Gasteiger partial charge in [0, 0.05) is 18.3 Å². The average Bonchev–Trinajstić information content (AvgIpc) is 2.42. The summed E-state index contributed by atoms with van der Waals surface area (Å²) in [5.74, 6) is 0.471. The van der Waals surface area contributed by atoms with Gasteiger partial charge >= 0.3 is 0 Å². The standard InChI is InChI=1S/C18H21FN2/c19-16-9-7-15(8-10-16)18(14-4-2-5-14)21-12-13-3-1-6-17(20)11-13/h1,3,6-11,14,18,21H,2,4-5,12,20H2. The molecule has 1 saturated carbocycles. The zero-order valence-corrected chi connectivity index (χ0v) is 12.1. The minimum atomic E-state index is -0.179. The number of nitrogen functional groups attached to an aromatic ring is 1. The van der Waals surface area contributed by atoms with Gasteiger partial charge in [0.1, 0.15) is 5.82 Å². The molecule has 2 aromatic carbocycles. The highest BCUT2D eigenvalue weighted by atomic mass is 19.1. The van der Waals surface area contributed by atoms with E-state index in [1.807, 2.05) is 30.3 Å². The number of nitrogens with two attached hydrogens (primary N) is 1. The van der Waals surface area contributed by atoms with Crippen LogP contribution in [0.15, 0.2) is 48.5 Å². The van der Waals surface area contributed by atoms with E-state index in [1.165, 1.54) is 30.4 Å². The summed E-state index contributed by atoms with van der Waals surface area (Å²) in [6, 6.07) is 15.1. The van der Waals surface area contributed by atoms with Crippen molar-refractivity contribution in [3.8, 4) is 0 Å². The third-order valence-electron chi connectivity index (χ3n) is 4.33. The maximum Gasteiger partial charge on any atom is 0.123 e. The second-order valence-corrected chi connectivity index (χ2v) is 5.85. The van der Waals surface area contributed by atoms with Gasteiger partial charge in [-0.2, -0.15) is 0 Å². The quantitative estimate of drug-likeness (QED) is 0.813. The van der Waals surface area contributed by atoms with Crippen LogP contribution in [-0.4, -0.2) is 0 Å². The lowest BCUT2D eigenvalue weighted by molar-refractivity contribution is 0.229. The molecule has 0 spiro atoms. The van der Waals surface area contributed by atoms with Crippen molar-refractivity contribution in [3.63, 3.8) is 0 Å². The van der Waals surface area contributed by atoms with Crippen molar-refractivity contribution in [1.82, 2.24) is 5.32 Å². The van der Waals surface area contributed by atoms with E-state index in [0.717, 1.165) is 12.2 Å². The Bertz CT molecular complexity index is 590. The van der Waals surface area contributed by atoms with Crippen molar-refractivity contribution in [2.24, 2.45) is 5.92 Å². The summed E-state index contributed by atoms with van der Waals surface area (Å²) >= 11 is 0. The van der Waals surface area contributed by atoms with Crippen LogP contribution in [0.5, 0.6) is 0 Å². The fourth-order valence-electron chi connectivity index (χ4n) is 2.93. The van der Waals surface area contributed by atoms with Crippen molar-refractivity contribution in [2.75, 3.05) is 5.73 Å². The molecule has 1 atom stereocenters. The van der Waals surface area contributed by atoms with Gasteiger partial charge in [-0.3, -0.25) is 0 Å². The van der Waals surface area contributed by atoms with Crippen LogP contribution in [0.2, 0.25) is 0 Å². The Morgan fingerprint density at radius 3 is 2.52 bits per heavy atom. The number of anilines is 1. The first-order valence-corrected chi connectivity index (χ1v) is 7.55. The lowest BCUT2D eigenvalue weighted by Gasteiger charge is -2.35. The van der Waals surface area contributed by atoms with Gasteiger partial charge in [0.25, 0.3) is 0 Å². The Morgan fingerprint density at radius 1 is 1.14 bits per heavy atom. The van der Waals surface area contributed by atoms with E-state index in [2.05, 4.69) is 11.4 Å². The van der Waals surface area contributed by atoms with E-state index in [4.69, 9.17) is 5.73 Å². The zero-order valence-electron chi connectivity index (χ0n) is 12.1. The second kappa shape index (κ2) is 6.27. The fourth-order valence-corrected chi connectivity index (χ4v) is 2.93. The van der Waals surface area contributed by atoms with Gasteiger partial charge in [0.15, 0.2) is 0 Å². The summed E-state index contributed by atoms with van der Waals surface area (Å²) in [6.07, 6.45) is 3.78. The van der Waals surface area contributed by atoms with Gasteiger partial charge < -0.3 is 11.1 Å². The molecule has 0 aliphatic heterocycles. The molecular formula is C18H21FN2. The first-order valence-electron chi connectivity index (χ1n) is 7.55. The highest BCUT2D eigenvalue weighted by Crippen LogP contribution is 2.37. The Hall–Kier alpha value is -1.87. The van der Waals surface area contributed by atoms with E-state index in [-0.39, 0.29) is 5.82 Å². The van der Waals surface area contributed by atoms with Crippen molar-refractivity contribution < 1.29 is 4.39 Å². The molecule has 1 unspecified atom stereocenters. The topological polar surface area (TPSA) is 38.0 Å². The maximum atomic E-state index is 13.1. The van der Waals surface area contributed by atoms with Crippen molar-refractivity contribution in [3.05, 3.63) is 65.5 Å². The smallest absolute Gasteiger partial charge is 0.123 e. The first kappa shape index (κ1) is 14.1. The van der Waals surface area contributed by atoms with Crippen molar-refractivity contribution in [2.45, 2.75) is 31.8 Å². The molecule has 3 heteroatoms. The number of hydrogen-bond donors (Lipinski definition) is 2. The number of rotatable bonds is 5. The molecule has 2 nitrogen and oxygen atoms in total. The van der Waals surface area contributed by atoms with Crippen LogP contribution in [0.4, 0.5) is 10.1 Å².